The van der Waals surface area contributed by atoms with E-state index in [0.29, 0.717) is 5.56 Å². The first-order valence-electron chi connectivity index (χ1n) is 7.47. The van der Waals surface area contributed by atoms with E-state index >= 15 is 0 Å². The first-order chi connectivity index (χ1) is 12.5. The molecule has 0 radical (unpaired) electrons. The molecule has 7 nitrogen and oxygen atoms in total. The molecule has 2 aromatic carbocycles. The molecule has 132 valence electrons. The number of methoxy groups -OCH3 is 2. The standard InChI is InChI=1S/C19H16N2O5/c1-25-17-10-12(7-8-16(17)22)9-13(11-20)18(23)21-15-6-4-3-5-14(15)19(24)26-2/h3-10,22H,1-2H3,(H,21,23)/b13-9-. The van der Waals surface area contributed by atoms with Gasteiger partial charge in [-0.15, -0.1) is 0 Å². The molecule has 0 saturated heterocycles. The lowest BCUT2D eigenvalue weighted by molar-refractivity contribution is -0.112. The van der Waals surface area contributed by atoms with Crippen LogP contribution in [0.3, 0.4) is 0 Å². The predicted molar refractivity (Wildman–Crippen MR) is 94.7 cm³/mol. The smallest absolute Gasteiger partial charge is 0.339 e. The monoisotopic (exact) mass is 352 g/mol. The highest BCUT2D eigenvalue weighted by Gasteiger charge is 2.16. The molecule has 0 aliphatic carbocycles. The SMILES string of the molecule is COC(=O)c1ccccc1NC(=O)/C(C#N)=C\c1ccc(O)c(OC)c1. The molecule has 0 unspecified atom stereocenters. The summed E-state index contributed by atoms with van der Waals surface area (Å²) >= 11 is 0. The summed E-state index contributed by atoms with van der Waals surface area (Å²) in [7, 11) is 2.63. The highest BCUT2D eigenvalue weighted by atomic mass is 16.5. The van der Waals surface area contributed by atoms with E-state index < -0.39 is 11.9 Å². The Balaban J connectivity index is 2.31. The zero-order valence-electron chi connectivity index (χ0n) is 14.1. The fourth-order valence-electron chi connectivity index (χ4n) is 2.17. The van der Waals surface area contributed by atoms with Crippen molar-refractivity contribution in [1.29, 1.82) is 5.26 Å². The molecule has 1 amide bonds. The van der Waals surface area contributed by atoms with E-state index in [-0.39, 0.29) is 28.3 Å². The van der Waals surface area contributed by atoms with Crippen molar-refractivity contribution in [2.75, 3.05) is 19.5 Å². The van der Waals surface area contributed by atoms with Gasteiger partial charge in [-0.1, -0.05) is 18.2 Å². The van der Waals surface area contributed by atoms with Gasteiger partial charge in [-0.3, -0.25) is 4.79 Å². The zero-order valence-corrected chi connectivity index (χ0v) is 14.1. The summed E-state index contributed by atoms with van der Waals surface area (Å²) in [6, 6.07) is 12.5. The topological polar surface area (TPSA) is 109 Å². The third kappa shape index (κ3) is 4.19. The number of nitrogens with zero attached hydrogens (tertiary/aromatic N) is 1. The summed E-state index contributed by atoms with van der Waals surface area (Å²) in [6.45, 7) is 0. The van der Waals surface area contributed by atoms with Crippen molar-refractivity contribution in [2.45, 2.75) is 0 Å². The van der Waals surface area contributed by atoms with E-state index in [4.69, 9.17) is 4.74 Å². The quantitative estimate of drug-likeness (QED) is 0.486. The Morgan fingerprint density at radius 2 is 1.92 bits per heavy atom. The molecule has 0 aromatic heterocycles. The Morgan fingerprint density at radius 1 is 1.19 bits per heavy atom. The molecule has 0 spiro atoms. The van der Waals surface area contributed by atoms with Gasteiger partial charge in [0.15, 0.2) is 11.5 Å². The summed E-state index contributed by atoms with van der Waals surface area (Å²) in [5, 5.41) is 21.4. The van der Waals surface area contributed by atoms with Crippen molar-refractivity contribution in [2.24, 2.45) is 0 Å². The van der Waals surface area contributed by atoms with Crippen molar-refractivity contribution in [1.82, 2.24) is 0 Å². The number of carbonyl (C=O) groups is 2. The number of amides is 1. The minimum atomic E-state index is -0.684. The van der Waals surface area contributed by atoms with E-state index in [1.54, 1.807) is 12.1 Å². The zero-order chi connectivity index (χ0) is 19.1. The van der Waals surface area contributed by atoms with Crippen LogP contribution in [0.5, 0.6) is 11.5 Å². The van der Waals surface area contributed by atoms with Gasteiger partial charge in [0.2, 0.25) is 0 Å². The average Bonchev–Trinajstić information content (AvgIpc) is 2.66. The van der Waals surface area contributed by atoms with Gasteiger partial charge >= 0.3 is 5.97 Å². The number of esters is 1. The minimum absolute atomic E-state index is 0.0559. The highest BCUT2D eigenvalue weighted by molar-refractivity contribution is 6.12. The second-order valence-electron chi connectivity index (χ2n) is 5.09. The second kappa shape index (κ2) is 8.35. The van der Waals surface area contributed by atoms with Crippen LogP contribution in [0.4, 0.5) is 5.69 Å². The maximum Gasteiger partial charge on any atom is 0.339 e. The first kappa shape index (κ1) is 18.5. The fourth-order valence-corrected chi connectivity index (χ4v) is 2.17. The molecule has 0 saturated carbocycles. The molecule has 2 aromatic rings. The third-order valence-electron chi connectivity index (χ3n) is 3.46. The number of para-hydroxylation sites is 1. The second-order valence-corrected chi connectivity index (χ2v) is 5.09. The number of ether oxygens (including phenoxy) is 2. The molecule has 2 N–H and O–H groups in total. The van der Waals surface area contributed by atoms with Crippen LogP contribution in [0.25, 0.3) is 6.08 Å². The highest BCUT2D eigenvalue weighted by Crippen LogP contribution is 2.27. The van der Waals surface area contributed by atoms with E-state index in [0.717, 1.165) is 0 Å². The number of hydrogen-bond acceptors (Lipinski definition) is 6. The maximum absolute atomic E-state index is 12.4. The van der Waals surface area contributed by atoms with Crippen molar-refractivity contribution < 1.29 is 24.2 Å². The number of anilines is 1. The van der Waals surface area contributed by atoms with Gasteiger partial charge < -0.3 is 19.9 Å². The summed E-state index contributed by atoms with van der Waals surface area (Å²) in [4.78, 5) is 24.2. The Morgan fingerprint density at radius 3 is 2.58 bits per heavy atom. The number of benzene rings is 2. The predicted octanol–water partition coefficient (Wildman–Crippen LogP) is 2.73. The van der Waals surface area contributed by atoms with Crippen LogP contribution in [0.2, 0.25) is 0 Å². The molecule has 0 fully saturated rings. The maximum atomic E-state index is 12.4. The van der Waals surface area contributed by atoms with Gasteiger partial charge in [0, 0.05) is 0 Å². The summed E-state index contributed by atoms with van der Waals surface area (Å²) in [5.41, 5.74) is 0.714. The Bertz CT molecular complexity index is 912. The van der Waals surface area contributed by atoms with Gasteiger partial charge in [0.25, 0.3) is 5.91 Å². The van der Waals surface area contributed by atoms with Gasteiger partial charge in [-0.2, -0.15) is 5.26 Å². The number of nitrogens with one attached hydrogen (secondary N) is 1. The largest absolute Gasteiger partial charge is 0.504 e. The van der Waals surface area contributed by atoms with Crippen molar-refractivity contribution in [3.63, 3.8) is 0 Å². The van der Waals surface area contributed by atoms with Crippen molar-refractivity contribution >= 4 is 23.6 Å². The Labute approximate surface area is 150 Å². The number of hydrogen-bond donors (Lipinski definition) is 2. The van der Waals surface area contributed by atoms with Crippen LogP contribution in [-0.4, -0.2) is 31.2 Å². The molecule has 26 heavy (non-hydrogen) atoms. The van der Waals surface area contributed by atoms with Gasteiger partial charge in [-0.25, -0.2) is 4.79 Å². The first-order valence-corrected chi connectivity index (χ1v) is 7.47. The summed E-state index contributed by atoms with van der Waals surface area (Å²) in [5.74, 6) is -1.13. The normalized spacial score (nSPS) is 10.6. The van der Waals surface area contributed by atoms with Crippen LogP contribution in [0.1, 0.15) is 15.9 Å². The molecule has 0 aliphatic rings. The Hall–Kier alpha value is -3.79. The lowest BCUT2D eigenvalue weighted by Gasteiger charge is -2.09. The molecule has 0 atom stereocenters. The molecular weight excluding hydrogens is 336 g/mol. The van der Waals surface area contributed by atoms with Crippen LogP contribution in [0, 0.1) is 11.3 Å². The molecular formula is C19H16N2O5. The van der Waals surface area contributed by atoms with Gasteiger partial charge in [-0.05, 0) is 35.9 Å². The molecule has 0 aliphatic heterocycles. The van der Waals surface area contributed by atoms with E-state index in [1.807, 2.05) is 6.07 Å². The summed E-state index contributed by atoms with van der Waals surface area (Å²) in [6.07, 6.45) is 1.35. The molecule has 7 heteroatoms. The van der Waals surface area contributed by atoms with Crippen LogP contribution in [-0.2, 0) is 9.53 Å². The fraction of sp³-hybridized carbons (Fsp3) is 0.105. The summed E-state index contributed by atoms with van der Waals surface area (Å²) < 4.78 is 9.67. The lowest BCUT2D eigenvalue weighted by Crippen LogP contribution is -2.16. The molecule has 2 rings (SSSR count). The average molecular weight is 352 g/mol. The lowest BCUT2D eigenvalue weighted by atomic mass is 10.1. The van der Waals surface area contributed by atoms with Gasteiger partial charge in [0.05, 0.1) is 25.5 Å². The number of aromatic hydroxyl groups is 1. The van der Waals surface area contributed by atoms with E-state index in [9.17, 15) is 20.0 Å². The van der Waals surface area contributed by atoms with Crippen molar-refractivity contribution in [3.8, 4) is 17.6 Å². The van der Waals surface area contributed by atoms with Gasteiger partial charge in [0.1, 0.15) is 11.6 Å². The van der Waals surface area contributed by atoms with Crippen molar-refractivity contribution in [3.05, 3.63) is 59.2 Å². The minimum Gasteiger partial charge on any atom is -0.504 e. The number of phenols is 1. The van der Waals surface area contributed by atoms with Crippen LogP contribution >= 0.6 is 0 Å². The molecule has 0 bridgehead atoms. The number of nitriles is 1. The number of phenolic OH excluding ortho intramolecular Hbond substituents is 1. The Kier molecular flexibility index (Phi) is 5.96. The third-order valence-corrected chi connectivity index (χ3v) is 3.46. The molecule has 0 heterocycles. The number of rotatable bonds is 5. The number of carbonyl (C=O) groups excluding carboxylic acids is 2. The van der Waals surface area contributed by atoms with E-state index in [1.165, 1.54) is 50.6 Å². The van der Waals surface area contributed by atoms with Crippen LogP contribution in [0.15, 0.2) is 48.0 Å². The van der Waals surface area contributed by atoms with E-state index in [2.05, 4.69) is 10.1 Å². The van der Waals surface area contributed by atoms with Crippen LogP contribution < -0.4 is 10.1 Å².